The predicted octanol–water partition coefficient (Wildman–Crippen LogP) is 2.34. The summed E-state index contributed by atoms with van der Waals surface area (Å²) >= 11 is 0. The van der Waals surface area contributed by atoms with Gasteiger partial charge in [0.05, 0.1) is 19.1 Å². The van der Waals surface area contributed by atoms with E-state index in [-0.39, 0.29) is 48.9 Å². The second-order valence-electron chi connectivity index (χ2n) is 8.33. The average molecular weight is 402 g/mol. The minimum Gasteiger partial charge on any atom is -0.487 e. The third kappa shape index (κ3) is 4.26. The highest BCUT2D eigenvalue weighted by Gasteiger charge is 2.46. The van der Waals surface area contributed by atoms with Gasteiger partial charge in [0.25, 0.3) is 0 Å². The van der Waals surface area contributed by atoms with Crippen LogP contribution in [0.2, 0.25) is 0 Å². The van der Waals surface area contributed by atoms with Crippen molar-refractivity contribution in [2.24, 2.45) is 5.92 Å². The lowest BCUT2D eigenvalue weighted by Crippen LogP contribution is -2.47. The van der Waals surface area contributed by atoms with Crippen LogP contribution in [0.25, 0.3) is 0 Å². The van der Waals surface area contributed by atoms with Crippen LogP contribution in [0.5, 0.6) is 5.75 Å². The molecular weight excluding hydrogens is 372 g/mol. The molecule has 0 bridgehead atoms. The minimum atomic E-state index is -0.474. The van der Waals surface area contributed by atoms with E-state index in [4.69, 9.17) is 9.47 Å². The molecule has 7 heteroatoms. The number of rotatable bonds is 7. The van der Waals surface area contributed by atoms with E-state index < -0.39 is 6.10 Å². The average Bonchev–Trinajstić information content (AvgIpc) is 3.02. The van der Waals surface area contributed by atoms with Crippen molar-refractivity contribution in [3.8, 4) is 5.75 Å². The summed E-state index contributed by atoms with van der Waals surface area (Å²) in [5, 5.41) is 15.7. The molecule has 0 spiro atoms. The molecule has 2 heterocycles. The Labute approximate surface area is 171 Å². The first-order valence-electron chi connectivity index (χ1n) is 10.7. The van der Waals surface area contributed by atoms with Gasteiger partial charge in [-0.2, -0.15) is 0 Å². The Balaban J connectivity index is 1.47. The zero-order valence-electron chi connectivity index (χ0n) is 16.9. The van der Waals surface area contributed by atoms with Crippen molar-refractivity contribution < 1.29 is 24.2 Å². The van der Waals surface area contributed by atoms with Gasteiger partial charge in [0.15, 0.2) is 0 Å². The van der Waals surface area contributed by atoms with Crippen LogP contribution in [0.3, 0.4) is 0 Å². The van der Waals surface area contributed by atoms with Crippen molar-refractivity contribution in [2.45, 2.75) is 69.7 Å². The van der Waals surface area contributed by atoms with Gasteiger partial charge < -0.3 is 25.2 Å². The van der Waals surface area contributed by atoms with Crippen molar-refractivity contribution in [3.63, 3.8) is 0 Å². The van der Waals surface area contributed by atoms with Crippen LogP contribution >= 0.6 is 0 Å². The molecule has 7 nitrogen and oxygen atoms in total. The largest absolute Gasteiger partial charge is 0.487 e. The summed E-state index contributed by atoms with van der Waals surface area (Å²) in [6, 6.07) is 5.71. The van der Waals surface area contributed by atoms with Crippen LogP contribution in [0.1, 0.15) is 56.9 Å². The number of hydrogen-bond acceptors (Lipinski definition) is 5. The number of aliphatic hydroxyl groups excluding tert-OH is 1. The number of carbonyl (C=O) groups excluding carboxylic acids is 2. The summed E-state index contributed by atoms with van der Waals surface area (Å²) < 4.78 is 12.0. The lowest BCUT2D eigenvalue weighted by Gasteiger charge is -2.37. The highest BCUT2D eigenvalue weighted by Crippen LogP contribution is 2.47. The van der Waals surface area contributed by atoms with Gasteiger partial charge >= 0.3 is 0 Å². The number of amides is 2. The van der Waals surface area contributed by atoms with E-state index in [1.807, 2.05) is 25.1 Å². The summed E-state index contributed by atoms with van der Waals surface area (Å²) in [5.74, 6) is 0.963. The first-order valence-corrected chi connectivity index (χ1v) is 10.7. The van der Waals surface area contributed by atoms with E-state index in [0.717, 1.165) is 42.7 Å². The predicted molar refractivity (Wildman–Crippen MR) is 108 cm³/mol. The lowest BCUT2D eigenvalue weighted by molar-refractivity contribution is -0.142. The van der Waals surface area contributed by atoms with Crippen LogP contribution < -0.4 is 15.4 Å². The summed E-state index contributed by atoms with van der Waals surface area (Å²) in [6.45, 7) is 2.50. The van der Waals surface area contributed by atoms with E-state index in [0.29, 0.717) is 13.0 Å². The Morgan fingerprint density at radius 2 is 2.10 bits per heavy atom. The highest BCUT2D eigenvalue weighted by atomic mass is 16.6. The number of carbonyl (C=O) groups is 2. The maximum absolute atomic E-state index is 12.3. The Morgan fingerprint density at radius 3 is 2.79 bits per heavy atom. The Kier molecular flexibility index (Phi) is 6.06. The van der Waals surface area contributed by atoms with Gasteiger partial charge in [0.2, 0.25) is 11.8 Å². The summed E-state index contributed by atoms with van der Waals surface area (Å²) in [5.41, 5.74) is 1.79. The Hall–Kier alpha value is -2.12. The molecule has 2 fully saturated rings. The summed E-state index contributed by atoms with van der Waals surface area (Å²) in [7, 11) is 0. The van der Waals surface area contributed by atoms with Crippen LogP contribution in [-0.4, -0.2) is 48.4 Å². The SMILES string of the molecule is CCCNC(=O)C[C@H]1C[C@@H]2c3cc(NC(=O)C4CCC4)ccc3O[C@@H]2[C@@H](CO)O1. The molecule has 0 aromatic heterocycles. The van der Waals surface area contributed by atoms with E-state index in [9.17, 15) is 14.7 Å². The smallest absolute Gasteiger partial charge is 0.227 e. The number of nitrogens with one attached hydrogen (secondary N) is 2. The van der Waals surface area contributed by atoms with Gasteiger partial charge in [-0.3, -0.25) is 9.59 Å². The number of fused-ring (bicyclic) bond motifs is 3. The van der Waals surface area contributed by atoms with E-state index >= 15 is 0 Å². The molecule has 0 radical (unpaired) electrons. The molecule has 4 rings (SSSR count). The standard InChI is InChI=1S/C22H30N2O5/c1-2-8-23-20(26)11-15-10-17-16-9-14(24-22(27)13-4-3-5-13)6-7-18(16)29-21(17)19(12-25)28-15/h6-7,9,13,15,17,19,21,25H,2-5,8,10-12H2,1H3,(H,23,26)(H,24,27)/t15-,17-,19-,21+/m1/s1. The summed E-state index contributed by atoms with van der Waals surface area (Å²) in [6.07, 6.45) is 3.83. The number of aliphatic hydroxyl groups is 1. The second-order valence-corrected chi connectivity index (χ2v) is 8.33. The van der Waals surface area contributed by atoms with Gasteiger partial charge in [-0.25, -0.2) is 0 Å². The third-order valence-electron chi connectivity index (χ3n) is 6.23. The van der Waals surface area contributed by atoms with Crippen molar-refractivity contribution in [1.29, 1.82) is 0 Å². The van der Waals surface area contributed by atoms with Gasteiger partial charge in [-0.05, 0) is 43.9 Å². The number of benzene rings is 1. The quantitative estimate of drug-likeness (QED) is 0.650. The van der Waals surface area contributed by atoms with Crippen LogP contribution in [0, 0.1) is 5.92 Å². The van der Waals surface area contributed by atoms with Gasteiger partial charge in [-0.15, -0.1) is 0 Å². The van der Waals surface area contributed by atoms with E-state index in [1.165, 1.54) is 0 Å². The fourth-order valence-corrected chi connectivity index (χ4v) is 4.43. The maximum atomic E-state index is 12.3. The van der Waals surface area contributed by atoms with Crippen LogP contribution in [0.15, 0.2) is 18.2 Å². The summed E-state index contributed by atoms with van der Waals surface area (Å²) in [4.78, 5) is 24.4. The minimum absolute atomic E-state index is 0.0282. The van der Waals surface area contributed by atoms with E-state index in [2.05, 4.69) is 10.6 Å². The monoisotopic (exact) mass is 402 g/mol. The zero-order chi connectivity index (χ0) is 20.4. The van der Waals surface area contributed by atoms with Crippen molar-refractivity contribution in [3.05, 3.63) is 23.8 Å². The van der Waals surface area contributed by atoms with Gasteiger partial charge in [0.1, 0.15) is 18.0 Å². The molecule has 29 heavy (non-hydrogen) atoms. The number of anilines is 1. The third-order valence-corrected chi connectivity index (χ3v) is 6.23. The molecule has 3 aliphatic rings. The van der Waals surface area contributed by atoms with Crippen molar-refractivity contribution in [1.82, 2.24) is 5.32 Å². The second kappa shape index (κ2) is 8.71. The molecule has 1 saturated heterocycles. The van der Waals surface area contributed by atoms with Crippen molar-refractivity contribution >= 4 is 17.5 Å². The molecule has 2 aliphatic heterocycles. The Morgan fingerprint density at radius 1 is 1.28 bits per heavy atom. The van der Waals surface area contributed by atoms with Gasteiger partial charge in [-0.1, -0.05) is 13.3 Å². The molecule has 4 atom stereocenters. The number of ether oxygens (including phenoxy) is 2. The molecule has 158 valence electrons. The number of hydrogen-bond donors (Lipinski definition) is 3. The molecular formula is C22H30N2O5. The fourth-order valence-electron chi connectivity index (χ4n) is 4.43. The van der Waals surface area contributed by atoms with Crippen molar-refractivity contribution in [2.75, 3.05) is 18.5 Å². The Bertz CT molecular complexity index is 764. The molecule has 0 unspecified atom stereocenters. The molecule has 1 aromatic carbocycles. The molecule has 1 aromatic rings. The highest BCUT2D eigenvalue weighted by molar-refractivity contribution is 5.93. The van der Waals surface area contributed by atoms with Crippen LogP contribution in [-0.2, 0) is 14.3 Å². The molecule has 3 N–H and O–H groups in total. The zero-order valence-corrected chi connectivity index (χ0v) is 16.9. The maximum Gasteiger partial charge on any atom is 0.227 e. The van der Waals surface area contributed by atoms with Crippen LogP contribution in [0.4, 0.5) is 5.69 Å². The lowest BCUT2D eigenvalue weighted by atomic mass is 9.83. The molecule has 2 amide bonds. The van der Waals surface area contributed by atoms with Gasteiger partial charge in [0, 0.05) is 29.6 Å². The van der Waals surface area contributed by atoms with E-state index in [1.54, 1.807) is 0 Å². The molecule has 1 saturated carbocycles. The first kappa shape index (κ1) is 20.2. The topological polar surface area (TPSA) is 96.9 Å². The fraction of sp³-hybridized carbons (Fsp3) is 0.636. The normalized spacial score (nSPS) is 27.9. The molecule has 1 aliphatic carbocycles. The first-order chi connectivity index (χ1) is 14.1.